The molecule has 0 radical (unpaired) electrons. The Hall–Kier alpha value is -0.765. The second kappa shape index (κ2) is 3.41. The summed E-state index contributed by atoms with van der Waals surface area (Å²) >= 11 is 4.06. The summed E-state index contributed by atoms with van der Waals surface area (Å²) in [6, 6.07) is 6.86. The van der Waals surface area contributed by atoms with Crippen LogP contribution in [0, 0.1) is 0 Å². The molecule has 0 saturated heterocycles. The van der Waals surface area contributed by atoms with E-state index >= 15 is 0 Å². The molecule has 4 heteroatoms. The third-order valence-corrected chi connectivity index (χ3v) is 1.32. The van der Waals surface area contributed by atoms with Gasteiger partial charge in [0.1, 0.15) is 0 Å². The number of hydrogen-bond acceptors (Lipinski definition) is 3. The van der Waals surface area contributed by atoms with Crippen LogP contribution >= 0.6 is 12.6 Å². The summed E-state index contributed by atoms with van der Waals surface area (Å²) in [5.74, 6) is 0.535. The Labute approximate surface area is 64.9 Å². The number of benzene rings is 1. The van der Waals surface area contributed by atoms with Crippen LogP contribution in [-0.4, -0.2) is 7.35 Å². The molecule has 0 aromatic heterocycles. The zero-order valence-electron chi connectivity index (χ0n) is 5.15. The number of hydrogen-bond donors (Lipinski definition) is 1. The Balaban J connectivity index is 2.78. The van der Waals surface area contributed by atoms with Gasteiger partial charge in [0.2, 0.25) is 0 Å². The van der Waals surface area contributed by atoms with Crippen LogP contribution in [0.3, 0.4) is 0 Å². The van der Waals surface area contributed by atoms with Gasteiger partial charge in [-0.1, -0.05) is 0 Å². The zero-order valence-corrected chi connectivity index (χ0v) is 6.04. The average Bonchev–Trinajstić information content (AvgIpc) is 1.95. The predicted molar refractivity (Wildman–Crippen MR) is 40.8 cm³/mol. The van der Waals surface area contributed by atoms with Gasteiger partial charge in [0.05, 0.1) is 0 Å². The van der Waals surface area contributed by atoms with Crippen molar-refractivity contribution < 1.29 is 9.36 Å². The van der Waals surface area contributed by atoms with Crippen LogP contribution in [0.4, 0.5) is 0 Å². The Bertz CT molecular complexity index is 222. The molecule has 0 amide bonds. The fraction of sp³-hybridized carbons (Fsp3) is 0. The fourth-order valence-corrected chi connectivity index (χ4v) is 0.729. The van der Waals surface area contributed by atoms with E-state index in [1.54, 1.807) is 24.3 Å². The van der Waals surface area contributed by atoms with E-state index in [0.29, 0.717) is 13.1 Å². The van der Waals surface area contributed by atoms with Gasteiger partial charge in [0, 0.05) is 0 Å². The zero-order chi connectivity index (χ0) is 7.40. The molecule has 0 bridgehead atoms. The van der Waals surface area contributed by atoms with E-state index in [1.807, 2.05) is 0 Å². The van der Waals surface area contributed by atoms with Gasteiger partial charge in [0.15, 0.2) is 0 Å². The fourth-order valence-electron chi connectivity index (χ4n) is 0.580. The summed E-state index contributed by atoms with van der Waals surface area (Å²) < 4.78 is 14.4. The first kappa shape index (κ1) is 7.34. The van der Waals surface area contributed by atoms with Crippen molar-refractivity contribution in [2.75, 3.05) is 0 Å². The van der Waals surface area contributed by atoms with Crippen molar-refractivity contribution in [3.8, 4) is 5.75 Å². The van der Waals surface area contributed by atoms with Gasteiger partial charge in [-0.2, -0.15) is 0 Å². The van der Waals surface area contributed by atoms with E-state index in [9.17, 15) is 4.70 Å². The standard InChI is InChI=1S/C6H5BO2S/c8-7-9-5-1-3-6(10)4-2-5/h1-4,10H. The van der Waals surface area contributed by atoms with E-state index < -0.39 is 0 Å². The van der Waals surface area contributed by atoms with Crippen molar-refractivity contribution in [2.45, 2.75) is 4.90 Å². The Morgan fingerprint density at radius 2 is 1.90 bits per heavy atom. The maximum atomic E-state index is 9.82. The molecule has 1 aromatic rings. The number of thiol groups is 1. The normalized spacial score (nSPS) is 8.50. The van der Waals surface area contributed by atoms with Gasteiger partial charge in [0.25, 0.3) is 0 Å². The summed E-state index contributed by atoms with van der Waals surface area (Å²) in [7, 11) is 0.396. The van der Waals surface area contributed by atoms with Crippen molar-refractivity contribution >= 4 is 20.0 Å². The summed E-state index contributed by atoms with van der Waals surface area (Å²) in [5, 5.41) is 0. The molecule has 0 unspecified atom stereocenters. The van der Waals surface area contributed by atoms with E-state index in [0.717, 1.165) is 4.90 Å². The first-order valence-electron chi connectivity index (χ1n) is 2.72. The third kappa shape index (κ3) is 1.88. The second-order valence-electron chi connectivity index (χ2n) is 1.71. The molecule has 0 fully saturated rings. The van der Waals surface area contributed by atoms with Crippen LogP contribution in [0.1, 0.15) is 0 Å². The molecule has 0 N–H and O–H groups in total. The van der Waals surface area contributed by atoms with Crippen LogP contribution in [0.25, 0.3) is 0 Å². The molecule has 1 aromatic carbocycles. The first-order valence-corrected chi connectivity index (χ1v) is 3.17. The van der Waals surface area contributed by atoms with Crippen molar-refractivity contribution in [1.82, 2.24) is 0 Å². The molecule has 0 aliphatic rings. The van der Waals surface area contributed by atoms with Crippen molar-refractivity contribution in [2.24, 2.45) is 0 Å². The molecule has 0 saturated carbocycles. The first-order chi connectivity index (χ1) is 4.83. The van der Waals surface area contributed by atoms with Crippen molar-refractivity contribution in [3.63, 3.8) is 0 Å². The molecule has 0 heterocycles. The third-order valence-electron chi connectivity index (χ3n) is 1.02. The Kier molecular flexibility index (Phi) is 2.51. The molecule has 0 aliphatic heterocycles. The van der Waals surface area contributed by atoms with Gasteiger partial charge in [-0.25, -0.2) is 0 Å². The summed E-state index contributed by atoms with van der Waals surface area (Å²) in [6.07, 6.45) is 0. The van der Waals surface area contributed by atoms with Crippen molar-refractivity contribution in [1.29, 1.82) is 0 Å². The molecule has 10 heavy (non-hydrogen) atoms. The summed E-state index contributed by atoms with van der Waals surface area (Å²) in [6.45, 7) is 0. The van der Waals surface area contributed by atoms with Gasteiger partial charge >= 0.3 is 64.3 Å². The summed E-state index contributed by atoms with van der Waals surface area (Å²) in [5.41, 5.74) is 0. The second-order valence-corrected chi connectivity index (χ2v) is 2.22. The van der Waals surface area contributed by atoms with Crippen LogP contribution in [0.5, 0.6) is 5.75 Å². The van der Waals surface area contributed by atoms with E-state index in [4.69, 9.17) is 0 Å². The predicted octanol–water partition coefficient (Wildman–Crippen LogP) is 1.32. The van der Waals surface area contributed by atoms with Gasteiger partial charge in [-0.15, -0.1) is 0 Å². The van der Waals surface area contributed by atoms with Crippen LogP contribution in [0.15, 0.2) is 29.2 Å². The SMILES string of the molecule is O=BOc1ccc(S)cc1. The summed E-state index contributed by atoms with van der Waals surface area (Å²) in [4.78, 5) is 0.846. The molecule has 2 nitrogen and oxygen atoms in total. The van der Waals surface area contributed by atoms with Crippen LogP contribution < -0.4 is 4.65 Å². The van der Waals surface area contributed by atoms with E-state index in [1.165, 1.54) is 0 Å². The molecule has 50 valence electrons. The number of rotatable bonds is 2. The molecular formula is C6H5BO2S. The monoisotopic (exact) mass is 152 g/mol. The van der Waals surface area contributed by atoms with Gasteiger partial charge in [-0.05, 0) is 0 Å². The molecule has 0 atom stereocenters. The van der Waals surface area contributed by atoms with Crippen LogP contribution in [0.2, 0.25) is 0 Å². The Morgan fingerprint density at radius 3 is 2.40 bits per heavy atom. The molecular weight excluding hydrogens is 147 g/mol. The van der Waals surface area contributed by atoms with E-state index in [-0.39, 0.29) is 0 Å². The Morgan fingerprint density at radius 1 is 1.30 bits per heavy atom. The molecule has 0 spiro atoms. The quantitative estimate of drug-likeness (QED) is 0.510. The van der Waals surface area contributed by atoms with Gasteiger partial charge in [-0.3, -0.25) is 0 Å². The van der Waals surface area contributed by atoms with Gasteiger partial charge < -0.3 is 0 Å². The maximum absolute atomic E-state index is 9.82. The van der Waals surface area contributed by atoms with Crippen molar-refractivity contribution in [3.05, 3.63) is 24.3 Å². The molecule has 0 aliphatic carbocycles. The van der Waals surface area contributed by atoms with E-state index in [2.05, 4.69) is 17.3 Å². The topological polar surface area (TPSA) is 26.3 Å². The van der Waals surface area contributed by atoms with Crippen LogP contribution in [-0.2, 0) is 4.70 Å². The minimum absolute atomic E-state index is 0.396. The molecule has 1 rings (SSSR count). The minimum atomic E-state index is 0.396. The average molecular weight is 152 g/mol.